The van der Waals surface area contributed by atoms with Gasteiger partial charge in [0.25, 0.3) is 0 Å². The zero-order valence-corrected chi connectivity index (χ0v) is 18.1. The van der Waals surface area contributed by atoms with Crippen LogP contribution in [0.25, 0.3) is 0 Å². The highest BCUT2D eigenvalue weighted by atomic mass is 19.1. The zero-order chi connectivity index (χ0) is 23.3. The quantitative estimate of drug-likeness (QED) is 0.456. The Balaban J connectivity index is 1.92. The molecule has 2 aromatic rings. The third-order valence-electron chi connectivity index (χ3n) is 5.56. The van der Waals surface area contributed by atoms with Gasteiger partial charge in [-0.15, -0.1) is 0 Å². The SMILES string of the molecule is COc1cc(Nc2nc(N[C@@H](C3CCC3)[C@H](C)NC(=O)O)c(F)cc2C#N)cc(OC)c1. The molecule has 0 radical (unpaired) electrons. The highest BCUT2D eigenvalue weighted by Crippen LogP contribution is 2.34. The second kappa shape index (κ2) is 10.0. The topological polar surface area (TPSA) is 129 Å². The van der Waals surface area contributed by atoms with E-state index >= 15 is 0 Å². The second-order valence-electron chi connectivity index (χ2n) is 7.65. The van der Waals surface area contributed by atoms with E-state index in [1.54, 1.807) is 25.1 Å². The highest BCUT2D eigenvalue weighted by molar-refractivity contribution is 5.68. The van der Waals surface area contributed by atoms with E-state index in [2.05, 4.69) is 20.9 Å². The van der Waals surface area contributed by atoms with Gasteiger partial charge in [-0.05, 0) is 31.7 Å². The summed E-state index contributed by atoms with van der Waals surface area (Å²) in [6, 6.07) is 7.31. The Morgan fingerprint density at radius 1 is 1.22 bits per heavy atom. The van der Waals surface area contributed by atoms with Gasteiger partial charge in [0.15, 0.2) is 17.5 Å². The number of ether oxygens (including phenoxy) is 2. The minimum absolute atomic E-state index is 0.0201. The number of hydrogen-bond donors (Lipinski definition) is 4. The standard InChI is InChI=1S/C22H26FN5O4/c1-12(25-22(29)30)19(13-5-4-6-13)27-21-18(23)7-14(11-24)20(28-21)26-15-8-16(31-2)10-17(9-15)32-3/h7-10,12-13,19,25H,4-6H2,1-3H3,(H,29,30)(H2,26,27,28)/t12-,19+/m0/s1. The van der Waals surface area contributed by atoms with Crippen LogP contribution in [0, 0.1) is 23.1 Å². The third kappa shape index (κ3) is 5.29. The van der Waals surface area contributed by atoms with Crippen molar-refractivity contribution in [3.05, 3.63) is 35.6 Å². The van der Waals surface area contributed by atoms with Gasteiger partial charge in [-0.2, -0.15) is 5.26 Å². The van der Waals surface area contributed by atoms with Crippen LogP contribution in [-0.4, -0.2) is 42.5 Å². The van der Waals surface area contributed by atoms with Gasteiger partial charge in [-0.3, -0.25) is 0 Å². The summed E-state index contributed by atoms with van der Waals surface area (Å²) in [7, 11) is 3.04. The maximum Gasteiger partial charge on any atom is 0.404 e. The summed E-state index contributed by atoms with van der Waals surface area (Å²) < 4.78 is 25.3. The molecule has 0 bridgehead atoms. The first-order chi connectivity index (χ1) is 15.3. The number of anilines is 3. The number of nitrogens with zero attached hydrogens (tertiary/aromatic N) is 2. The van der Waals surface area contributed by atoms with Crippen LogP contribution >= 0.6 is 0 Å². The Bertz CT molecular complexity index is 1000. The van der Waals surface area contributed by atoms with Crippen LogP contribution in [0.5, 0.6) is 11.5 Å². The molecule has 1 saturated carbocycles. The van der Waals surface area contributed by atoms with Gasteiger partial charge in [0, 0.05) is 29.9 Å². The molecule has 1 aliphatic carbocycles. The molecule has 9 nitrogen and oxygen atoms in total. The summed E-state index contributed by atoms with van der Waals surface area (Å²) in [6.07, 6.45) is 1.72. The molecule has 1 aromatic heterocycles. The first kappa shape index (κ1) is 22.9. The molecule has 1 amide bonds. The van der Waals surface area contributed by atoms with Gasteiger partial charge >= 0.3 is 6.09 Å². The molecule has 1 heterocycles. The van der Waals surface area contributed by atoms with E-state index in [0.29, 0.717) is 17.2 Å². The van der Waals surface area contributed by atoms with Crippen LogP contribution in [0.3, 0.4) is 0 Å². The lowest BCUT2D eigenvalue weighted by molar-refractivity contribution is 0.180. The maximum absolute atomic E-state index is 14.8. The summed E-state index contributed by atoms with van der Waals surface area (Å²) in [5.41, 5.74) is 0.561. The number of benzene rings is 1. The van der Waals surface area contributed by atoms with E-state index < -0.39 is 18.0 Å². The van der Waals surface area contributed by atoms with Crippen LogP contribution in [0.4, 0.5) is 26.5 Å². The summed E-state index contributed by atoms with van der Waals surface area (Å²) in [5.74, 6) is 0.652. The number of methoxy groups -OCH3 is 2. The Morgan fingerprint density at radius 3 is 2.38 bits per heavy atom. The number of halogens is 1. The predicted octanol–water partition coefficient (Wildman–Crippen LogP) is 4.09. The van der Waals surface area contributed by atoms with Crippen LogP contribution in [0.15, 0.2) is 24.3 Å². The van der Waals surface area contributed by atoms with Gasteiger partial charge in [0.05, 0.1) is 25.8 Å². The first-order valence-corrected chi connectivity index (χ1v) is 10.2. The molecule has 32 heavy (non-hydrogen) atoms. The fourth-order valence-electron chi connectivity index (χ4n) is 3.68. The van der Waals surface area contributed by atoms with Gasteiger partial charge in [0.1, 0.15) is 17.6 Å². The van der Waals surface area contributed by atoms with Crippen LogP contribution in [0.1, 0.15) is 31.7 Å². The molecule has 3 rings (SSSR count). The molecule has 0 aliphatic heterocycles. The van der Waals surface area contributed by atoms with Crippen molar-refractivity contribution in [3.63, 3.8) is 0 Å². The number of pyridine rings is 1. The van der Waals surface area contributed by atoms with E-state index in [1.807, 2.05) is 6.07 Å². The molecule has 1 fully saturated rings. The molecule has 1 aliphatic rings. The number of aromatic nitrogens is 1. The normalized spacial score (nSPS) is 15.0. The van der Waals surface area contributed by atoms with E-state index in [1.165, 1.54) is 14.2 Å². The van der Waals surface area contributed by atoms with E-state index in [4.69, 9.17) is 14.6 Å². The number of hydrogen-bond acceptors (Lipinski definition) is 7. The van der Waals surface area contributed by atoms with Crippen molar-refractivity contribution >= 4 is 23.4 Å². The summed E-state index contributed by atoms with van der Waals surface area (Å²) in [4.78, 5) is 15.4. The molecular weight excluding hydrogens is 417 g/mol. The number of nitriles is 1. The molecule has 1 aromatic carbocycles. The summed E-state index contributed by atoms with van der Waals surface area (Å²) in [5, 5.41) is 27.1. The monoisotopic (exact) mass is 443 g/mol. The number of carbonyl (C=O) groups is 1. The predicted molar refractivity (Wildman–Crippen MR) is 117 cm³/mol. The largest absolute Gasteiger partial charge is 0.497 e. The molecular formula is C22H26FN5O4. The molecule has 4 N–H and O–H groups in total. The lowest BCUT2D eigenvalue weighted by Gasteiger charge is -2.38. The minimum atomic E-state index is -1.15. The van der Waals surface area contributed by atoms with Crippen molar-refractivity contribution in [3.8, 4) is 17.6 Å². The summed E-state index contributed by atoms with van der Waals surface area (Å²) >= 11 is 0. The van der Waals surface area contributed by atoms with Crippen LogP contribution in [0.2, 0.25) is 0 Å². The van der Waals surface area contributed by atoms with Crippen molar-refractivity contribution in [2.75, 3.05) is 24.9 Å². The van der Waals surface area contributed by atoms with Crippen molar-refractivity contribution in [2.24, 2.45) is 5.92 Å². The van der Waals surface area contributed by atoms with Gasteiger partial charge in [-0.1, -0.05) is 6.42 Å². The van der Waals surface area contributed by atoms with Crippen molar-refractivity contribution in [2.45, 2.75) is 38.3 Å². The fourth-order valence-corrected chi connectivity index (χ4v) is 3.68. The number of carboxylic acid groups (broad SMARTS) is 1. The van der Waals surface area contributed by atoms with E-state index in [9.17, 15) is 14.4 Å². The van der Waals surface area contributed by atoms with Gasteiger partial charge in [-0.25, -0.2) is 14.2 Å². The number of amides is 1. The number of nitrogens with one attached hydrogen (secondary N) is 3. The van der Waals surface area contributed by atoms with E-state index in [0.717, 1.165) is 25.3 Å². The Kier molecular flexibility index (Phi) is 7.20. The number of rotatable bonds is 9. The molecule has 0 saturated heterocycles. The molecule has 170 valence electrons. The average Bonchev–Trinajstić information content (AvgIpc) is 2.72. The Morgan fingerprint density at radius 2 is 1.88 bits per heavy atom. The van der Waals surface area contributed by atoms with Crippen molar-refractivity contribution in [1.29, 1.82) is 5.26 Å². The van der Waals surface area contributed by atoms with Crippen LogP contribution in [-0.2, 0) is 0 Å². The van der Waals surface area contributed by atoms with Gasteiger partial charge in [0.2, 0.25) is 0 Å². The average molecular weight is 443 g/mol. The van der Waals surface area contributed by atoms with Crippen molar-refractivity contribution < 1.29 is 23.8 Å². The second-order valence-corrected chi connectivity index (χ2v) is 7.65. The minimum Gasteiger partial charge on any atom is -0.497 e. The van der Waals surface area contributed by atoms with Gasteiger partial charge < -0.3 is 30.5 Å². The molecule has 2 atom stereocenters. The fraction of sp³-hybridized carbons (Fsp3) is 0.409. The Hall–Kier alpha value is -3.74. The summed E-state index contributed by atoms with van der Waals surface area (Å²) in [6.45, 7) is 1.73. The smallest absolute Gasteiger partial charge is 0.404 e. The van der Waals surface area contributed by atoms with Crippen molar-refractivity contribution in [1.82, 2.24) is 10.3 Å². The third-order valence-corrected chi connectivity index (χ3v) is 5.56. The zero-order valence-electron chi connectivity index (χ0n) is 18.1. The molecule has 0 unspecified atom stereocenters. The molecule has 10 heteroatoms. The molecule has 0 spiro atoms. The highest BCUT2D eigenvalue weighted by Gasteiger charge is 2.33. The van der Waals surface area contributed by atoms with Crippen LogP contribution < -0.4 is 25.4 Å². The lowest BCUT2D eigenvalue weighted by atomic mass is 9.77. The lowest BCUT2D eigenvalue weighted by Crippen LogP contribution is -2.50. The van der Waals surface area contributed by atoms with E-state index in [-0.39, 0.29) is 29.2 Å². The Labute approximate surface area is 185 Å². The first-order valence-electron chi connectivity index (χ1n) is 10.2. The maximum atomic E-state index is 14.8.